The van der Waals surface area contributed by atoms with Crippen molar-refractivity contribution in [1.82, 2.24) is 16.0 Å². The molecule has 0 saturated carbocycles. The highest BCUT2D eigenvalue weighted by Gasteiger charge is 2.30. The van der Waals surface area contributed by atoms with Crippen molar-refractivity contribution >= 4 is 41.5 Å². The van der Waals surface area contributed by atoms with Crippen LogP contribution in [0.1, 0.15) is 38.5 Å². The molecule has 17 nitrogen and oxygen atoms in total. The zero-order chi connectivity index (χ0) is 27.8. The number of aliphatic hydroxyl groups is 1. The highest BCUT2D eigenvalue weighted by Crippen LogP contribution is 2.03. The van der Waals surface area contributed by atoms with E-state index >= 15 is 0 Å². The SMILES string of the molecule is NC(=O)CCC(N)C(=O)NC(CCC(N)=O)C(=O)NC(CO)C(=O)NC(CCCN=C(N)N)C(=O)O. The highest BCUT2D eigenvalue weighted by atomic mass is 16.4. The Morgan fingerprint density at radius 1 is 0.722 bits per heavy atom. The fourth-order valence-electron chi connectivity index (χ4n) is 2.76. The molecule has 0 aliphatic rings. The number of nitrogens with two attached hydrogens (primary N) is 5. The van der Waals surface area contributed by atoms with Gasteiger partial charge >= 0.3 is 5.97 Å². The number of carbonyl (C=O) groups is 6. The molecule has 0 aromatic carbocycles. The van der Waals surface area contributed by atoms with Gasteiger partial charge in [0.15, 0.2) is 5.96 Å². The van der Waals surface area contributed by atoms with Gasteiger partial charge < -0.3 is 54.8 Å². The van der Waals surface area contributed by atoms with Crippen molar-refractivity contribution in [1.29, 1.82) is 0 Å². The average molecular weight is 518 g/mol. The van der Waals surface area contributed by atoms with Crippen LogP contribution in [0.3, 0.4) is 0 Å². The van der Waals surface area contributed by atoms with Crippen molar-refractivity contribution in [3.05, 3.63) is 0 Å². The van der Waals surface area contributed by atoms with E-state index in [0.717, 1.165) is 0 Å². The Bertz CT molecular complexity index is 832. The number of primary amides is 2. The topological polar surface area (TPSA) is 321 Å². The summed E-state index contributed by atoms with van der Waals surface area (Å²) < 4.78 is 0. The van der Waals surface area contributed by atoms with Gasteiger partial charge in [-0.2, -0.15) is 0 Å². The van der Waals surface area contributed by atoms with E-state index < -0.39 is 66.3 Å². The lowest BCUT2D eigenvalue weighted by atomic mass is 10.1. The lowest BCUT2D eigenvalue weighted by Crippen LogP contribution is -2.58. The Labute approximate surface area is 206 Å². The minimum atomic E-state index is -1.59. The van der Waals surface area contributed by atoms with E-state index in [2.05, 4.69) is 20.9 Å². The standard InChI is InChI=1S/C19H35N9O8/c20-9(3-5-13(21)30)15(32)26-10(4-6-14(22)31)16(33)28-12(8-29)17(34)27-11(18(35)36)2-1-7-25-19(23)24/h9-12,29H,1-8,20H2,(H2,21,30)(H2,22,31)(H,26,32)(H,27,34)(H,28,33)(H,35,36)(H4,23,24,25). The van der Waals surface area contributed by atoms with Gasteiger partial charge in [0.2, 0.25) is 29.5 Å². The van der Waals surface area contributed by atoms with Crippen LogP contribution in [0.5, 0.6) is 0 Å². The molecule has 0 fully saturated rings. The second-order valence-electron chi connectivity index (χ2n) is 7.77. The molecule has 0 heterocycles. The van der Waals surface area contributed by atoms with Crippen molar-refractivity contribution in [2.24, 2.45) is 33.7 Å². The first kappa shape index (κ1) is 32.0. The number of amides is 5. The summed E-state index contributed by atoms with van der Waals surface area (Å²) in [5.74, 6) is -5.83. The number of carboxylic acids is 1. The van der Waals surface area contributed by atoms with Crippen LogP contribution in [-0.4, -0.2) is 89.0 Å². The first-order chi connectivity index (χ1) is 16.8. The van der Waals surface area contributed by atoms with Crippen LogP contribution in [-0.2, 0) is 28.8 Å². The molecule has 0 spiro atoms. The van der Waals surface area contributed by atoms with Gasteiger partial charge in [-0.3, -0.25) is 29.0 Å². The average Bonchev–Trinajstić information content (AvgIpc) is 2.79. The summed E-state index contributed by atoms with van der Waals surface area (Å²) in [7, 11) is 0. The number of carboxylic acid groups (broad SMARTS) is 1. The van der Waals surface area contributed by atoms with Crippen molar-refractivity contribution in [2.45, 2.75) is 62.7 Å². The second-order valence-corrected chi connectivity index (χ2v) is 7.77. The van der Waals surface area contributed by atoms with E-state index in [-0.39, 0.29) is 51.0 Å². The summed E-state index contributed by atoms with van der Waals surface area (Å²) in [6.45, 7) is -0.794. The van der Waals surface area contributed by atoms with Crippen LogP contribution in [0.15, 0.2) is 4.99 Å². The summed E-state index contributed by atoms with van der Waals surface area (Å²) in [5, 5.41) is 25.6. The molecule has 0 aliphatic heterocycles. The maximum Gasteiger partial charge on any atom is 0.326 e. The van der Waals surface area contributed by atoms with Crippen molar-refractivity contribution in [3.8, 4) is 0 Å². The zero-order valence-electron chi connectivity index (χ0n) is 19.6. The van der Waals surface area contributed by atoms with Gasteiger partial charge in [-0.05, 0) is 25.7 Å². The molecule has 0 radical (unpaired) electrons. The van der Waals surface area contributed by atoms with Gasteiger partial charge in [-0.1, -0.05) is 0 Å². The molecule has 5 amide bonds. The predicted molar refractivity (Wildman–Crippen MR) is 125 cm³/mol. The van der Waals surface area contributed by atoms with Crippen LogP contribution in [0, 0.1) is 0 Å². The lowest BCUT2D eigenvalue weighted by Gasteiger charge is -2.24. The summed E-state index contributed by atoms with van der Waals surface area (Å²) in [5.41, 5.74) is 26.2. The van der Waals surface area contributed by atoms with Gasteiger partial charge in [0.05, 0.1) is 12.6 Å². The fraction of sp³-hybridized carbons (Fsp3) is 0.632. The largest absolute Gasteiger partial charge is 0.480 e. The molecule has 204 valence electrons. The number of guanidine groups is 1. The molecule has 36 heavy (non-hydrogen) atoms. The lowest BCUT2D eigenvalue weighted by molar-refractivity contribution is -0.142. The van der Waals surface area contributed by atoms with E-state index in [1.165, 1.54) is 0 Å². The maximum absolute atomic E-state index is 12.7. The van der Waals surface area contributed by atoms with Gasteiger partial charge in [0.1, 0.15) is 18.1 Å². The summed E-state index contributed by atoms with van der Waals surface area (Å²) in [6.07, 6.45) is -0.713. The van der Waals surface area contributed by atoms with Crippen molar-refractivity contribution < 1.29 is 39.0 Å². The molecule has 0 aliphatic carbocycles. The molecule has 4 atom stereocenters. The summed E-state index contributed by atoms with van der Waals surface area (Å²) in [4.78, 5) is 74.7. The predicted octanol–water partition coefficient (Wildman–Crippen LogP) is -5.57. The minimum Gasteiger partial charge on any atom is -0.480 e. The molecule has 0 bridgehead atoms. The third-order valence-electron chi connectivity index (χ3n) is 4.73. The van der Waals surface area contributed by atoms with Crippen LogP contribution >= 0.6 is 0 Å². The highest BCUT2D eigenvalue weighted by molar-refractivity contribution is 5.94. The van der Waals surface area contributed by atoms with Gasteiger partial charge in [-0.15, -0.1) is 0 Å². The number of hydrogen-bond donors (Lipinski definition) is 10. The normalized spacial score (nSPS) is 13.8. The fourth-order valence-corrected chi connectivity index (χ4v) is 2.76. The molecule has 0 saturated heterocycles. The Morgan fingerprint density at radius 3 is 1.72 bits per heavy atom. The molecular formula is C19H35N9O8. The third kappa shape index (κ3) is 13.7. The van der Waals surface area contributed by atoms with E-state index in [1.54, 1.807) is 0 Å². The van der Waals surface area contributed by atoms with E-state index in [9.17, 15) is 39.0 Å². The van der Waals surface area contributed by atoms with Gasteiger partial charge in [0.25, 0.3) is 0 Å². The van der Waals surface area contributed by atoms with Gasteiger partial charge in [-0.25, -0.2) is 4.79 Å². The smallest absolute Gasteiger partial charge is 0.326 e. The molecule has 17 heteroatoms. The Balaban J connectivity index is 5.26. The van der Waals surface area contributed by atoms with Crippen molar-refractivity contribution in [3.63, 3.8) is 0 Å². The third-order valence-corrected chi connectivity index (χ3v) is 4.73. The molecule has 15 N–H and O–H groups in total. The number of carbonyl (C=O) groups excluding carboxylic acids is 5. The number of hydrogen-bond acceptors (Lipinski definition) is 9. The Morgan fingerprint density at radius 2 is 1.22 bits per heavy atom. The number of nitrogens with zero attached hydrogens (tertiary/aromatic N) is 1. The van der Waals surface area contributed by atoms with Crippen LogP contribution in [0.25, 0.3) is 0 Å². The molecule has 0 aromatic rings. The van der Waals surface area contributed by atoms with Gasteiger partial charge in [0, 0.05) is 19.4 Å². The van der Waals surface area contributed by atoms with E-state index in [1.807, 2.05) is 0 Å². The molecule has 4 unspecified atom stereocenters. The Kier molecular flexibility index (Phi) is 14.8. The van der Waals surface area contributed by atoms with Crippen molar-refractivity contribution in [2.75, 3.05) is 13.2 Å². The monoisotopic (exact) mass is 517 g/mol. The van der Waals surface area contributed by atoms with Crippen LogP contribution in [0.4, 0.5) is 0 Å². The summed E-state index contributed by atoms with van der Waals surface area (Å²) in [6, 6.07) is -5.55. The summed E-state index contributed by atoms with van der Waals surface area (Å²) >= 11 is 0. The number of aliphatic imine (C=N–C) groups is 1. The molecule has 0 rings (SSSR count). The molecule has 0 aromatic heterocycles. The quantitative estimate of drug-likeness (QED) is 0.0464. The van der Waals surface area contributed by atoms with E-state index in [0.29, 0.717) is 0 Å². The minimum absolute atomic E-state index is 0.0512. The zero-order valence-corrected chi connectivity index (χ0v) is 19.6. The molecular weight excluding hydrogens is 482 g/mol. The first-order valence-corrected chi connectivity index (χ1v) is 10.9. The number of nitrogens with one attached hydrogen (secondary N) is 3. The number of rotatable bonds is 18. The second kappa shape index (κ2) is 16.6. The van der Waals surface area contributed by atoms with Crippen LogP contribution < -0.4 is 44.6 Å². The van der Waals surface area contributed by atoms with Crippen LogP contribution in [0.2, 0.25) is 0 Å². The van der Waals surface area contributed by atoms with E-state index in [4.69, 9.17) is 28.7 Å². The number of aliphatic carboxylic acids is 1. The first-order valence-electron chi connectivity index (χ1n) is 10.9. The number of aliphatic hydroxyl groups excluding tert-OH is 1. The Hall–Kier alpha value is -3.99. The maximum atomic E-state index is 12.7.